The minimum Gasteiger partial charge on any atom is -0.452 e. The lowest BCUT2D eigenvalue weighted by Crippen LogP contribution is -2.18. The van der Waals surface area contributed by atoms with Crippen molar-refractivity contribution in [3.63, 3.8) is 0 Å². The molecule has 0 aliphatic carbocycles. The summed E-state index contributed by atoms with van der Waals surface area (Å²) in [4.78, 5) is 16.3. The van der Waals surface area contributed by atoms with Crippen LogP contribution in [0.1, 0.15) is 36.5 Å². The van der Waals surface area contributed by atoms with Gasteiger partial charge in [-0.1, -0.05) is 30.3 Å². The van der Waals surface area contributed by atoms with Crippen molar-refractivity contribution in [3.05, 3.63) is 66.0 Å². The Hall–Kier alpha value is -2.20. The molecule has 4 heteroatoms. The standard InChI is InChI=1S/C18H19NO3/c20-17(13-16-7-4-12-21-16)22-18(14-5-2-1-3-6-14)15-8-10-19-11-9-15/h1-3,5-6,8-11,16,18H,4,7,12-13H2/t16-,18-/m1/s1. The Bertz CT molecular complexity index is 555. The number of carbonyl (C=O) groups excluding carboxylic acids is 1. The number of esters is 1. The van der Waals surface area contributed by atoms with Crippen LogP contribution >= 0.6 is 0 Å². The monoisotopic (exact) mass is 297 g/mol. The van der Waals surface area contributed by atoms with Gasteiger partial charge in [-0.2, -0.15) is 0 Å². The van der Waals surface area contributed by atoms with Crippen LogP contribution in [-0.2, 0) is 14.3 Å². The number of ether oxygens (including phenoxy) is 2. The summed E-state index contributed by atoms with van der Waals surface area (Å²) in [5.74, 6) is -0.224. The molecule has 0 saturated carbocycles. The molecule has 1 fully saturated rings. The first kappa shape index (κ1) is 14.7. The second kappa shape index (κ2) is 7.18. The summed E-state index contributed by atoms with van der Waals surface area (Å²) in [5, 5.41) is 0. The molecule has 2 atom stereocenters. The van der Waals surface area contributed by atoms with Gasteiger partial charge in [-0.3, -0.25) is 9.78 Å². The summed E-state index contributed by atoms with van der Waals surface area (Å²) in [6, 6.07) is 13.5. The molecule has 0 amide bonds. The van der Waals surface area contributed by atoms with Gasteiger partial charge in [0.05, 0.1) is 12.5 Å². The first-order valence-corrected chi connectivity index (χ1v) is 7.59. The maximum atomic E-state index is 12.2. The van der Waals surface area contributed by atoms with Crippen LogP contribution in [0.4, 0.5) is 0 Å². The van der Waals surface area contributed by atoms with Crippen molar-refractivity contribution in [3.8, 4) is 0 Å². The van der Waals surface area contributed by atoms with Crippen LogP contribution in [0.5, 0.6) is 0 Å². The number of carbonyl (C=O) groups is 1. The van der Waals surface area contributed by atoms with Crippen LogP contribution in [0.2, 0.25) is 0 Å². The van der Waals surface area contributed by atoms with Crippen LogP contribution < -0.4 is 0 Å². The molecular weight excluding hydrogens is 278 g/mol. The van der Waals surface area contributed by atoms with E-state index in [1.54, 1.807) is 12.4 Å². The van der Waals surface area contributed by atoms with Gasteiger partial charge in [-0.15, -0.1) is 0 Å². The summed E-state index contributed by atoms with van der Waals surface area (Å²) in [5.41, 5.74) is 1.87. The summed E-state index contributed by atoms with van der Waals surface area (Å²) < 4.78 is 11.2. The van der Waals surface area contributed by atoms with E-state index in [-0.39, 0.29) is 12.1 Å². The van der Waals surface area contributed by atoms with E-state index in [1.807, 2.05) is 42.5 Å². The third kappa shape index (κ3) is 3.71. The van der Waals surface area contributed by atoms with Crippen molar-refractivity contribution < 1.29 is 14.3 Å². The first-order valence-electron chi connectivity index (χ1n) is 7.59. The van der Waals surface area contributed by atoms with Crippen molar-refractivity contribution in [2.45, 2.75) is 31.5 Å². The maximum absolute atomic E-state index is 12.2. The molecule has 0 bridgehead atoms. The molecule has 114 valence electrons. The minimum absolute atomic E-state index is 0.00126. The number of aromatic nitrogens is 1. The lowest BCUT2D eigenvalue weighted by molar-refractivity contribution is -0.150. The SMILES string of the molecule is O=C(C[C@H]1CCCO1)O[C@H](c1ccccc1)c1ccncc1. The van der Waals surface area contributed by atoms with Gasteiger partial charge in [0.2, 0.25) is 0 Å². The molecule has 1 aliphatic heterocycles. The molecule has 3 rings (SSSR count). The Balaban J connectivity index is 1.75. The van der Waals surface area contributed by atoms with Crippen LogP contribution in [0, 0.1) is 0 Å². The molecule has 0 N–H and O–H groups in total. The molecule has 1 aromatic carbocycles. The summed E-state index contributed by atoms with van der Waals surface area (Å²) in [6.07, 6.45) is 5.27. The quantitative estimate of drug-likeness (QED) is 0.795. The number of hydrogen-bond donors (Lipinski definition) is 0. The van der Waals surface area contributed by atoms with Gasteiger partial charge in [0, 0.05) is 24.6 Å². The highest BCUT2D eigenvalue weighted by molar-refractivity contribution is 5.70. The molecule has 1 aliphatic rings. The molecule has 0 unspecified atom stereocenters. The Morgan fingerprint density at radius 1 is 1.18 bits per heavy atom. The predicted octanol–water partition coefficient (Wildman–Crippen LogP) is 3.28. The Labute approximate surface area is 130 Å². The molecule has 4 nitrogen and oxygen atoms in total. The van der Waals surface area contributed by atoms with Crippen LogP contribution in [0.3, 0.4) is 0 Å². The molecule has 1 aromatic heterocycles. The van der Waals surface area contributed by atoms with Crippen LogP contribution in [0.15, 0.2) is 54.9 Å². The zero-order valence-electron chi connectivity index (χ0n) is 12.4. The van der Waals surface area contributed by atoms with E-state index in [1.165, 1.54) is 0 Å². The third-order valence-corrected chi connectivity index (χ3v) is 3.78. The zero-order chi connectivity index (χ0) is 15.2. The number of nitrogens with zero attached hydrogens (tertiary/aromatic N) is 1. The zero-order valence-corrected chi connectivity index (χ0v) is 12.4. The third-order valence-electron chi connectivity index (χ3n) is 3.78. The topological polar surface area (TPSA) is 48.4 Å². The van der Waals surface area contributed by atoms with Gasteiger partial charge in [-0.25, -0.2) is 0 Å². The van der Waals surface area contributed by atoms with Gasteiger partial charge in [0.25, 0.3) is 0 Å². The highest BCUT2D eigenvalue weighted by Gasteiger charge is 2.24. The Morgan fingerprint density at radius 2 is 1.91 bits per heavy atom. The predicted molar refractivity (Wildman–Crippen MR) is 82.2 cm³/mol. The summed E-state index contributed by atoms with van der Waals surface area (Å²) in [6.45, 7) is 0.740. The number of rotatable bonds is 5. The fourth-order valence-corrected chi connectivity index (χ4v) is 2.67. The minimum atomic E-state index is -0.405. The van der Waals surface area contributed by atoms with Crippen molar-refractivity contribution in [2.24, 2.45) is 0 Å². The Morgan fingerprint density at radius 3 is 2.59 bits per heavy atom. The van der Waals surface area contributed by atoms with Crippen LogP contribution in [-0.4, -0.2) is 23.7 Å². The van der Waals surface area contributed by atoms with Gasteiger partial charge in [-0.05, 0) is 30.5 Å². The van der Waals surface area contributed by atoms with Crippen molar-refractivity contribution in [2.75, 3.05) is 6.61 Å². The Kier molecular flexibility index (Phi) is 4.81. The summed E-state index contributed by atoms with van der Waals surface area (Å²) >= 11 is 0. The highest BCUT2D eigenvalue weighted by atomic mass is 16.5. The van der Waals surface area contributed by atoms with Crippen LogP contribution in [0.25, 0.3) is 0 Å². The molecular formula is C18H19NO3. The van der Waals surface area contributed by atoms with E-state index in [2.05, 4.69) is 4.98 Å². The van der Waals surface area contributed by atoms with Gasteiger partial charge in [0.15, 0.2) is 6.10 Å². The van der Waals surface area contributed by atoms with E-state index in [0.717, 1.165) is 30.6 Å². The van der Waals surface area contributed by atoms with E-state index in [0.29, 0.717) is 6.42 Å². The average molecular weight is 297 g/mol. The number of benzene rings is 1. The molecule has 22 heavy (non-hydrogen) atoms. The van der Waals surface area contributed by atoms with Gasteiger partial charge in [0.1, 0.15) is 0 Å². The fraction of sp³-hybridized carbons (Fsp3) is 0.333. The highest BCUT2D eigenvalue weighted by Crippen LogP contribution is 2.27. The second-order valence-corrected chi connectivity index (χ2v) is 5.40. The van der Waals surface area contributed by atoms with Crippen molar-refractivity contribution in [1.82, 2.24) is 4.98 Å². The van der Waals surface area contributed by atoms with E-state index >= 15 is 0 Å². The van der Waals surface area contributed by atoms with Crippen molar-refractivity contribution in [1.29, 1.82) is 0 Å². The molecule has 0 spiro atoms. The molecule has 2 aromatic rings. The smallest absolute Gasteiger partial charge is 0.309 e. The van der Waals surface area contributed by atoms with E-state index in [9.17, 15) is 4.79 Å². The average Bonchev–Trinajstić information content (AvgIpc) is 3.07. The molecule has 1 saturated heterocycles. The summed E-state index contributed by atoms with van der Waals surface area (Å²) in [7, 11) is 0. The second-order valence-electron chi connectivity index (χ2n) is 5.40. The van der Waals surface area contributed by atoms with E-state index < -0.39 is 6.10 Å². The number of pyridine rings is 1. The number of hydrogen-bond acceptors (Lipinski definition) is 4. The molecule has 0 radical (unpaired) electrons. The largest absolute Gasteiger partial charge is 0.452 e. The lowest BCUT2D eigenvalue weighted by atomic mass is 10.0. The van der Waals surface area contributed by atoms with Gasteiger partial charge < -0.3 is 9.47 Å². The van der Waals surface area contributed by atoms with Gasteiger partial charge >= 0.3 is 5.97 Å². The van der Waals surface area contributed by atoms with E-state index in [4.69, 9.17) is 9.47 Å². The maximum Gasteiger partial charge on any atom is 0.309 e. The molecule has 2 heterocycles. The lowest BCUT2D eigenvalue weighted by Gasteiger charge is -2.19. The van der Waals surface area contributed by atoms with Crippen molar-refractivity contribution >= 4 is 5.97 Å². The fourth-order valence-electron chi connectivity index (χ4n) is 2.67. The normalized spacial score (nSPS) is 18.8. The first-order chi connectivity index (χ1) is 10.8.